The van der Waals surface area contributed by atoms with Gasteiger partial charge in [0.15, 0.2) is 12.8 Å². The normalized spacial score (nSPS) is 18.4. The van der Waals surface area contributed by atoms with Crippen LogP contribution in [0.1, 0.15) is 24.0 Å². The summed E-state index contributed by atoms with van der Waals surface area (Å²) >= 11 is 0. The largest absolute Gasteiger partial charge is 0.467 e. The number of guanidine groups is 1. The minimum atomic E-state index is -0.308. The second-order valence-electron chi connectivity index (χ2n) is 5.18. The Morgan fingerprint density at radius 2 is 2.30 bits per heavy atom. The molecule has 1 saturated carbocycles. The first-order valence-corrected chi connectivity index (χ1v) is 6.69. The van der Waals surface area contributed by atoms with E-state index >= 15 is 0 Å². The molecule has 108 valence electrons. The van der Waals surface area contributed by atoms with Gasteiger partial charge >= 0.3 is 0 Å². The van der Waals surface area contributed by atoms with Gasteiger partial charge in [-0.15, -0.1) is 0 Å². The van der Waals surface area contributed by atoms with E-state index in [1.54, 1.807) is 0 Å². The Hall–Kier alpha value is -1.82. The molecule has 0 spiro atoms. The van der Waals surface area contributed by atoms with E-state index in [0.717, 1.165) is 18.4 Å². The van der Waals surface area contributed by atoms with Crippen LogP contribution in [0.3, 0.4) is 0 Å². The van der Waals surface area contributed by atoms with E-state index in [1.807, 2.05) is 11.9 Å². The lowest BCUT2D eigenvalue weighted by molar-refractivity contribution is -0.0172. The minimum absolute atomic E-state index is 0.187. The van der Waals surface area contributed by atoms with Gasteiger partial charge in [-0.1, -0.05) is 0 Å². The minimum Gasteiger partial charge on any atom is -0.467 e. The van der Waals surface area contributed by atoms with Crippen molar-refractivity contribution in [2.75, 3.05) is 13.8 Å². The van der Waals surface area contributed by atoms with Gasteiger partial charge in [-0.25, -0.2) is 9.38 Å². The van der Waals surface area contributed by atoms with Crippen LogP contribution in [0.25, 0.3) is 0 Å². The summed E-state index contributed by atoms with van der Waals surface area (Å²) in [4.78, 5) is 6.31. The van der Waals surface area contributed by atoms with Crippen LogP contribution in [0, 0.1) is 5.82 Å². The molecule has 1 aromatic rings. The standard InChI is InChI=1S/C14H18FN3O2/c1-18(12-2-3-12)14(16)17-6-9-4-11(15)5-10-7-19-8-20-13(9)10/h4-5,12H,2-3,6-8H2,1H3,(H2,16,17). The second kappa shape index (κ2) is 5.28. The lowest BCUT2D eigenvalue weighted by Gasteiger charge is -2.21. The first-order chi connectivity index (χ1) is 9.65. The van der Waals surface area contributed by atoms with Crippen molar-refractivity contribution in [2.45, 2.75) is 32.0 Å². The molecule has 0 unspecified atom stereocenters. The maximum atomic E-state index is 13.6. The molecule has 0 amide bonds. The molecule has 1 aliphatic carbocycles. The monoisotopic (exact) mass is 279 g/mol. The zero-order chi connectivity index (χ0) is 14.1. The average molecular weight is 279 g/mol. The Labute approximate surface area is 117 Å². The van der Waals surface area contributed by atoms with E-state index in [9.17, 15) is 4.39 Å². The molecule has 1 fully saturated rings. The summed E-state index contributed by atoms with van der Waals surface area (Å²) in [6.45, 7) is 0.858. The third-order valence-electron chi connectivity index (χ3n) is 3.62. The molecule has 0 atom stereocenters. The molecular formula is C14H18FN3O2. The molecule has 2 N–H and O–H groups in total. The van der Waals surface area contributed by atoms with Crippen molar-refractivity contribution in [3.05, 3.63) is 29.1 Å². The number of nitrogens with zero attached hydrogens (tertiary/aromatic N) is 2. The number of hydrogen-bond donors (Lipinski definition) is 1. The number of aliphatic imine (C=N–C) groups is 1. The van der Waals surface area contributed by atoms with Crippen LogP contribution in [-0.4, -0.2) is 30.7 Å². The lowest BCUT2D eigenvalue weighted by Crippen LogP contribution is -2.35. The van der Waals surface area contributed by atoms with Crippen molar-refractivity contribution in [3.63, 3.8) is 0 Å². The van der Waals surface area contributed by atoms with E-state index in [2.05, 4.69) is 4.99 Å². The van der Waals surface area contributed by atoms with Gasteiger partial charge in [0, 0.05) is 24.2 Å². The second-order valence-corrected chi connectivity index (χ2v) is 5.18. The van der Waals surface area contributed by atoms with E-state index in [0.29, 0.717) is 36.5 Å². The fraction of sp³-hybridized carbons (Fsp3) is 0.500. The SMILES string of the molecule is CN(C(N)=NCc1cc(F)cc2c1OCOC2)C1CC1. The van der Waals surface area contributed by atoms with Crippen LogP contribution in [0.15, 0.2) is 17.1 Å². The zero-order valence-electron chi connectivity index (χ0n) is 11.4. The molecule has 0 saturated heterocycles. The Kier molecular flexibility index (Phi) is 3.48. The number of fused-ring (bicyclic) bond motifs is 1. The predicted molar refractivity (Wildman–Crippen MR) is 72.8 cm³/mol. The van der Waals surface area contributed by atoms with Gasteiger partial charge in [-0.3, -0.25) is 0 Å². The molecule has 5 nitrogen and oxygen atoms in total. The van der Waals surface area contributed by atoms with Gasteiger partial charge in [0.25, 0.3) is 0 Å². The van der Waals surface area contributed by atoms with Crippen molar-refractivity contribution in [1.29, 1.82) is 0 Å². The Morgan fingerprint density at radius 1 is 1.50 bits per heavy atom. The van der Waals surface area contributed by atoms with Crippen LogP contribution in [0.4, 0.5) is 4.39 Å². The van der Waals surface area contributed by atoms with Crippen LogP contribution in [0.2, 0.25) is 0 Å². The van der Waals surface area contributed by atoms with Crippen LogP contribution < -0.4 is 10.5 Å². The molecule has 20 heavy (non-hydrogen) atoms. The summed E-state index contributed by atoms with van der Waals surface area (Å²) in [5, 5.41) is 0. The number of hydrogen-bond acceptors (Lipinski definition) is 3. The number of rotatable bonds is 3. The maximum Gasteiger partial charge on any atom is 0.191 e. The molecule has 1 aromatic carbocycles. The fourth-order valence-corrected chi connectivity index (χ4v) is 2.30. The van der Waals surface area contributed by atoms with Gasteiger partial charge in [0.05, 0.1) is 13.2 Å². The van der Waals surface area contributed by atoms with Crippen molar-refractivity contribution in [1.82, 2.24) is 4.90 Å². The Bertz CT molecular complexity index is 543. The lowest BCUT2D eigenvalue weighted by atomic mass is 10.1. The molecule has 2 aliphatic rings. The summed E-state index contributed by atoms with van der Waals surface area (Å²) in [6.07, 6.45) is 2.31. The van der Waals surface area contributed by atoms with Crippen LogP contribution >= 0.6 is 0 Å². The van der Waals surface area contributed by atoms with E-state index in [-0.39, 0.29) is 12.6 Å². The average Bonchev–Trinajstić information content (AvgIpc) is 3.28. The third-order valence-corrected chi connectivity index (χ3v) is 3.62. The molecule has 3 rings (SSSR count). The molecule has 1 heterocycles. The Morgan fingerprint density at radius 3 is 3.05 bits per heavy atom. The molecule has 0 aromatic heterocycles. The van der Waals surface area contributed by atoms with Crippen molar-refractivity contribution in [3.8, 4) is 5.75 Å². The fourth-order valence-electron chi connectivity index (χ4n) is 2.30. The number of benzene rings is 1. The molecule has 0 radical (unpaired) electrons. The van der Waals surface area contributed by atoms with Crippen molar-refractivity contribution >= 4 is 5.96 Å². The van der Waals surface area contributed by atoms with Crippen molar-refractivity contribution in [2.24, 2.45) is 10.7 Å². The van der Waals surface area contributed by atoms with Gasteiger partial charge in [0.1, 0.15) is 11.6 Å². The number of nitrogens with two attached hydrogens (primary N) is 1. The number of halogens is 1. The van der Waals surface area contributed by atoms with Crippen LogP contribution in [0.5, 0.6) is 5.75 Å². The third kappa shape index (κ3) is 2.70. The predicted octanol–water partition coefficient (Wildman–Crippen LogP) is 1.60. The number of ether oxygens (including phenoxy) is 2. The van der Waals surface area contributed by atoms with Gasteiger partial charge in [-0.05, 0) is 25.0 Å². The maximum absolute atomic E-state index is 13.6. The van der Waals surface area contributed by atoms with Gasteiger partial charge in [-0.2, -0.15) is 0 Å². The summed E-state index contributed by atoms with van der Waals surface area (Å²) in [5.74, 6) is 0.845. The highest BCUT2D eigenvalue weighted by Gasteiger charge is 2.27. The smallest absolute Gasteiger partial charge is 0.191 e. The first kappa shape index (κ1) is 13.2. The quantitative estimate of drug-likeness (QED) is 0.674. The van der Waals surface area contributed by atoms with E-state index < -0.39 is 0 Å². The summed E-state index contributed by atoms with van der Waals surface area (Å²) in [7, 11) is 1.93. The molecule has 1 aliphatic heterocycles. The topological polar surface area (TPSA) is 60.1 Å². The molecular weight excluding hydrogens is 261 g/mol. The zero-order valence-corrected chi connectivity index (χ0v) is 11.4. The summed E-state index contributed by atoms with van der Waals surface area (Å²) in [5.41, 5.74) is 7.36. The molecule has 0 bridgehead atoms. The highest BCUT2D eigenvalue weighted by atomic mass is 19.1. The highest BCUT2D eigenvalue weighted by Crippen LogP contribution is 2.30. The van der Waals surface area contributed by atoms with E-state index in [1.165, 1.54) is 12.1 Å². The first-order valence-electron chi connectivity index (χ1n) is 6.69. The highest BCUT2D eigenvalue weighted by molar-refractivity contribution is 5.78. The van der Waals surface area contributed by atoms with Crippen LogP contribution in [-0.2, 0) is 17.9 Å². The van der Waals surface area contributed by atoms with Crippen molar-refractivity contribution < 1.29 is 13.9 Å². The summed E-state index contributed by atoms with van der Waals surface area (Å²) in [6, 6.07) is 3.38. The van der Waals surface area contributed by atoms with Gasteiger partial charge in [0.2, 0.25) is 0 Å². The van der Waals surface area contributed by atoms with Gasteiger partial charge < -0.3 is 20.1 Å². The van der Waals surface area contributed by atoms with E-state index in [4.69, 9.17) is 15.2 Å². The Balaban J connectivity index is 1.79. The summed E-state index contributed by atoms with van der Waals surface area (Å²) < 4.78 is 24.2. The molecule has 6 heteroatoms.